The van der Waals surface area contributed by atoms with Crippen molar-refractivity contribution in [1.29, 1.82) is 0 Å². The lowest BCUT2D eigenvalue weighted by Crippen LogP contribution is -2.33. The molecule has 0 aliphatic heterocycles. The van der Waals surface area contributed by atoms with Crippen molar-refractivity contribution < 1.29 is 27.5 Å². The second-order valence-electron chi connectivity index (χ2n) is 4.68. The fraction of sp³-hybridized carbons (Fsp3) is 0.429. The van der Waals surface area contributed by atoms with Crippen molar-refractivity contribution in [3.05, 3.63) is 24.3 Å². The zero-order chi connectivity index (χ0) is 17.5. The SMILES string of the molecule is CCOc1ccc(S(=O)(=O)NCC(=O)OCC(=O)N(C)C)cc1. The van der Waals surface area contributed by atoms with Crippen LogP contribution in [0.4, 0.5) is 0 Å². The maximum Gasteiger partial charge on any atom is 0.321 e. The van der Waals surface area contributed by atoms with Gasteiger partial charge in [0.1, 0.15) is 12.3 Å². The first kappa shape index (κ1) is 18.9. The summed E-state index contributed by atoms with van der Waals surface area (Å²) in [5.74, 6) is -0.685. The summed E-state index contributed by atoms with van der Waals surface area (Å²) in [6, 6.07) is 5.78. The Morgan fingerprint density at radius 1 is 1.17 bits per heavy atom. The van der Waals surface area contributed by atoms with E-state index in [-0.39, 0.29) is 4.90 Å². The first-order chi connectivity index (χ1) is 10.8. The number of nitrogens with one attached hydrogen (secondary N) is 1. The number of carbonyl (C=O) groups excluding carboxylic acids is 2. The van der Waals surface area contributed by atoms with E-state index in [1.165, 1.54) is 43.3 Å². The molecule has 0 saturated carbocycles. The van der Waals surface area contributed by atoms with Gasteiger partial charge in [-0.2, -0.15) is 4.72 Å². The summed E-state index contributed by atoms with van der Waals surface area (Å²) in [6.07, 6.45) is 0. The minimum Gasteiger partial charge on any atom is -0.494 e. The molecule has 1 N–H and O–H groups in total. The Morgan fingerprint density at radius 2 is 1.78 bits per heavy atom. The molecule has 1 aromatic carbocycles. The summed E-state index contributed by atoms with van der Waals surface area (Å²) in [5.41, 5.74) is 0. The third-order valence-corrected chi connectivity index (χ3v) is 4.12. The quantitative estimate of drug-likeness (QED) is 0.666. The van der Waals surface area contributed by atoms with E-state index in [0.717, 1.165) is 0 Å². The normalized spacial score (nSPS) is 10.9. The van der Waals surface area contributed by atoms with Crippen LogP contribution in [-0.4, -0.2) is 59.0 Å². The van der Waals surface area contributed by atoms with Gasteiger partial charge in [0, 0.05) is 14.1 Å². The Hall–Kier alpha value is -2.13. The number of rotatable bonds is 8. The highest BCUT2D eigenvalue weighted by Gasteiger charge is 2.17. The number of ether oxygens (including phenoxy) is 2. The molecule has 0 bridgehead atoms. The van der Waals surface area contributed by atoms with E-state index in [1.807, 2.05) is 6.92 Å². The van der Waals surface area contributed by atoms with Crippen molar-refractivity contribution in [1.82, 2.24) is 9.62 Å². The molecule has 0 aromatic heterocycles. The van der Waals surface area contributed by atoms with Gasteiger partial charge in [0.2, 0.25) is 10.0 Å². The molecule has 128 valence electrons. The van der Waals surface area contributed by atoms with Crippen LogP contribution in [0.15, 0.2) is 29.2 Å². The van der Waals surface area contributed by atoms with Gasteiger partial charge in [-0.05, 0) is 31.2 Å². The standard InChI is InChI=1S/C14H20N2O6S/c1-4-21-11-5-7-12(8-6-11)23(19,20)15-9-14(18)22-10-13(17)16(2)3/h5-8,15H,4,9-10H2,1-3H3. The molecule has 0 heterocycles. The fourth-order valence-corrected chi connectivity index (χ4v) is 2.41. The van der Waals surface area contributed by atoms with Gasteiger partial charge in [-0.25, -0.2) is 8.42 Å². The van der Waals surface area contributed by atoms with E-state index < -0.39 is 35.1 Å². The summed E-state index contributed by atoms with van der Waals surface area (Å²) >= 11 is 0. The number of nitrogens with zero attached hydrogens (tertiary/aromatic N) is 1. The number of hydrogen-bond donors (Lipinski definition) is 1. The number of benzene rings is 1. The number of sulfonamides is 1. The average molecular weight is 344 g/mol. The number of amides is 1. The van der Waals surface area contributed by atoms with Crippen molar-refractivity contribution in [3.8, 4) is 5.75 Å². The Bertz CT molecular complexity index is 640. The van der Waals surface area contributed by atoms with E-state index in [9.17, 15) is 18.0 Å². The molecule has 1 rings (SSSR count). The van der Waals surface area contributed by atoms with Crippen LogP contribution >= 0.6 is 0 Å². The summed E-state index contributed by atoms with van der Waals surface area (Å²) < 4.78 is 36.0. The highest BCUT2D eigenvalue weighted by Crippen LogP contribution is 2.15. The van der Waals surface area contributed by atoms with Crippen molar-refractivity contribution in [2.24, 2.45) is 0 Å². The lowest BCUT2D eigenvalue weighted by Gasteiger charge is -2.11. The maximum atomic E-state index is 12.0. The van der Waals surface area contributed by atoms with E-state index in [2.05, 4.69) is 9.46 Å². The van der Waals surface area contributed by atoms with E-state index >= 15 is 0 Å². The van der Waals surface area contributed by atoms with E-state index in [1.54, 1.807) is 0 Å². The molecular weight excluding hydrogens is 324 g/mol. The lowest BCUT2D eigenvalue weighted by molar-refractivity contribution is -0.149. The number of carbonyl (C=O) groups is 2. The Labute approximate surface area is 135 Å². The Balaban J connectivity index is 2.55. The molecule has 0 atom stereocenters. The zero-order valence-corrected chi connectivity index (χ0v) is 14.1. The van der Waals surface area contributed by atoms with Gasteiger partial charge in [0.15, 0.2) is 6.61 Å². The average Bonchev–Trinajstić information content (AvgIpc) is 2.51. The van der Waals surface area contributed by atoms with Gasteiger partial charge in [-0.15, -0.1) is 0 Å². The van der Waals surface area contributed by atoms with Crippen LogP contribution in [0, 0.1) is 0 Å². The van der Waals surface area contributed by atoms with Crippen LogP contribution in [0.1, 0.15) is 6.92 Å². The second kappa shape index (κ2) is 8.49. The van der Waals surface area contributed by atoms with Crippen LogP contribution in [0.5, 0.6) is 5.75 Å². The summed E-state index contributed by atoms with van der Waals surface area (Å²) in [7, 11) is -0.806. The summed E-state index contributed by atoms with van der Waals surface area (Å²) in [4.78, 5) is 24.0. The molecule has 0 saturated heterocycles. The minimum absolute atomic E-state index is 0.00174. The van der Waals surface area contributed by atoms with Crippen molar-refractivity contribution in [2.75, 3.05) is 33.9 Å². The lowest BCUT2D eigenvalue weighted by atomic mass is 10.3. The predicted octanol–water partition coefficient (Wildman–Crippen LogP) is -0.00500. The monoisotopic (exact) mass is 344 g/mol. The molecule has 0 fully saturated rings. The van der Waals surface area contributed by atoms with Gasteiger partial charge in [-0.1, -0.05) is 0 Å². The van der Waals surface area contributed by atoms with Crippen LogP contribution < -0.4 is 9.46 Å². The molecule has 0 aliphatic carbocycles. The first-order valence-electron chi connectivity index (χ1n) is 6.84. The number of esters is 1. The Morgan fingerprint density at radius 3 is 2.30 bits per heavy atom. The zero-order valence-electron chi connectivity index (χ0n) is 13.2. The van der Waals surface area contributed by atoms with E-state index in [4.69, 9.17) is 4.74 Å². The second-order valence-corrected chi connectivity index (χ2v) is 6.44. The Kier molecular flexibility index (Phi) is 6.98. The molecule has 23 heavy (non-hydrogen) atoms. The third-order valence-electron chi connectivity index (χ3n) is 2.71. The van der Waals surface area contributed by atoms with Crippen LogP contribution in [0.2, 0.25) is 0 Å². The molecule has 0 radical (unpaired) electrons. The first-order valence-corrected chi connectivity index (χ1v) is 8.33. The summed E-state index contributed by atoms with van der Waals surface area (Å²) in [5, 5.41) is 0. The van der Waals surface area contributed by atoms with Gasteiger partial charge < -0.3 is 14.4 Å². The summed E-state index contributed by atoms with van der Waals surface area (Å²) in [6.45, 7) is 1.30. The highest BCUT2D eigenvalue weighted by atomic mass is 32.2. The minimum atomic E-state index is -3.84. The fourth-order valence-electron chi connectivity index (χ4n) is 1.44. The smallest absolute Gasteiger partial charge is 0.321 e. The topological polar surface area (TPSA) is 102 Å². The van der Waals surface area contributed by atoms with Crippen molar-refractivity contribution in [2.45, 2.75) is 11.8 Å². The van der Waals surface area contributed by atoms with Crippen molar-refractivity contribution in [3.63, 3.8) is 0 Å². The molecular formula is C14H20N2O6S. The molecule has 9 heteroatoms. The maximum absolute atomic E-state index is 12.0. The molecule has 0 aliphatic rings. The van der Waals surface area contributed by atoms with Gasteiger partial charge in [0.25, 0.3) is 5.91 Å². The van der Waals surface area contributed by atoms with Crippen LogP contribution in [0.25, 0.3) is 0 Å². The van der Waals surface area contributed by atoms with Crippen LogP contribution in [-0.2, 0) is 24.3 Å². The molecule has 1 aromatic rings. The highest BCUT2D eigenvalue weighted by molar-refractivity contribution is 7.89. The molecule has 0 spiro atoms. The molecule has 8 nitrogen and oxygen atoms in total. The van der Waals surface area contributed by atoms with Gasteiger partial charge >= 0.3 is 5.97 Å². The predicted molar refractivity (Wildman–Crippen MR) is 82.5 cm³/mol. The third kappa shape index (κ3) is 6.25. The van der Waals surface area contributed by atoms with Gasteiger partial charge in [-0.3, -0.25) is 9.59 Å². The largest absolute Gasteiger partial charge is 0.494 e. The van der Waals surface area contributed by atoms with Crippen molar-refractivity contribution >= 4 is 21.9 Å². The van der Waals surface area contributed by atoms with Crippen LogP contribution in [0.3, 0.4) is 0 Å². The number of hydrogen-bond acceptors (Lipinski definition) is 6. The molecule has 1 amide bonds. The molecule has 0 unspecified atom stereocenters. The number of likely N-dealkylation sites (N-methyl/N-ethyl adjacent to an activating group) is 1. The van der Waals surface area contributed by atoms with Gasteiger partial charge in [0.05, 0.1) is 11.5 Å². The van der Waals surface area contributed by atoms with E-state index in [0.29, 0.717) is 12.4 Å².